The van der Waals surface area contributed by atoms with Crippen LogP contribution in [0.5, 0.6) is 0 Å². The number of rotatable bonds is 3. The van der Waals surface area contributed by atoms with Gasteiger partial charge in [0.15, 0.2) is 5.78 Å². The second kappa shape index (κ2) is 5.64. The zero-order valence-electron chi connectivity index (χ0n) is 11.3. The Labute approximate surface area is 108 Å². The van der Waals surface area contributed by atoms with Crippen LogP contribution >= 0.6 is 0 Å². The van der Waals surface area contributed by atoms with Crippen LogP contribution in [0.3, 0.4) is 0 Å². The van der Waals surface area contributed by atoms with Crippen LogP contribution in [0.2, 0.25) is 0 Å². The summed E-state index contributed by atoms with van der Waals surface area (Å²) in [5, 5.41) is 0. The molecule has 0 spiro atoms. The minimum Gasteiger partial charge on any atom is -0.294 e. The van der Waals surface area contributed by atoms with E-state index in [0.29, 0.717) is 12.3 Å². The van der Waals surface area contributed by atoms with Crippen molar-refractivity contribution in [3.63, 3.8) is 0 Å². The number of ketones is 1. The highest BCUT2D eigenvalue weighted by Crippen LogP contribution is 2.28. The first-order chi connectivity index (χ1) is 8.58. The van der Waals surface area contributed by atoms with Crippen molar-refractivity contribution < 1.29 is 9.18 Å². The predicted octanol–water partition coefficient (Wildman–Crippen LogP) is 4.60. The van der Waals surface area contributed by atoms with Gasteiger partial charge in [0, 0.05) is 12.0 Å². The molecule has 18 heavy (non-hydrogen) atoms. The van der Waals surface area contributed by atoms with Gasteiger partial charge in [-0.15, -0.1) is 0 Å². The standard InChI is InChI=1S/C16H21FO/c1-11-8-14(17)9-12(2)16(11)15(18)10-13-6-4-3-5-7-13/h8-9,13H,3-7,10H2,1-2H3. The van der Waals surface area contributed by atoms with Crippen LogP contribution < -0.4 is 0 Å². The number of halogens is 1. The molecule has 0 saturated heterocycles. The zero-order valence-corrected chi connectivity index (χ0v) is 11.3. The molecule has 0 atom stereocenters. The second-order valence-corrected chi connectivity index (χ2v) is 5.55. The maximum atomic E-state index is 13.2. The zero-order chi connectivity index (χ0) is 13.1. The van der Waals surface area contributed by atoms with Gasteiger partial charge in [-0.3, -0.25) is 4.79 Å². The second-order valence-electron chi connectivity index (χ2n) is 5.55. The van der Waals surface area contributed by atoms with E-state index in [-0.39, 0.29) is 11.6 Å². The number of hydrogen-bond donors (Lipinski definition) is 0. The maximum absolute atomic E-state index is 13.2. The van der Waals surface area contributed by atoms with E-state index in [4.69, 9.17) is 0 Å². The lowest BCUT2D eigenvalue weighted by Gasteiger charge is -2.21. The van der Waals surface area contributed by atoms with Crippen LogP contribution in [0.15, 0.2) is 12.1 Å². The third-order valence-electron chi connectivity index (χ3n) is 3.98. The van der Waals surface area contributed by atoms with Gasteiger partial charge in [0.25, 0.3) is 0 Å². The molecule has 0 aromatic heterocycles. The first-order valence-corrected chi connectivity index (χ1v) is 6.88. The Morgan fingerprint density at radius 3 is 2.28 bits per heavy atom. The molecule has 1 aromatic rings. The minimum atomic E-state index is -0.251. The number of carbonyl (C=O) groups excluding carboxylic acids is 1. The highest BCUT2D eigenvalue weighted by Gasteiger charge is 2.20. The lowest BCUT2D eigenvalue weighted by Crippen LogP contribution is -2.14. The maximum Gasteiger partial charge on any atom is 0.163 e. The highest BCUT2D eigenvalue weighted by atomic mass is 19.1. The molecule has 2 rings (SSSR count). The Bertz CT molecular complexity index is 421. The number of carbonyl (C=O) groups is 1. The molecule has 1 aliphatic carbocycles. The van der Waals surface area contributed by atoms with E-state index in [0.717, 1.165) is 16.7 Å². The van der Waals surface area contributed by atoms with E-state index in [1.165, 1.54) is 44.2 Å². The summed E-state index contributed by atoms with van der Waals surface area (Å²) in [6.07, 6.45) is 6.78. The third kappa shape index (κ3) is 2.98. The van der Waals surface area contributed by atoms with Gasteiger partial charge in [0.05, 0.1) is 0 Å². The molecule has 1 saturated carbocycles. The van der Waals surface area contributed by atoms with E-state index < -0.39 is 0 Å². The summed E-state index contributed by atoms with van der Waals surface area (Å²) in [7, 11) is 0. The van der Waals surface area contributed by atoms with Crippen molar-refractivity contribution >= 4 is 5.78 Å². The molecule has 1 fully saturated rings. The molecule has 0 heterocycles. The number of aryl methyl sites for hydroxylation is 2. The predicted molar refractivity (Wildman–Crippen MR) is 71.4 cm³/mol. The van der Waals surface area contributed by atoms with Crippen molar-refractivity contribution in [2.45, 2.75) is 52.4 Å². The van der Waals surface area contributed by atoms with Gasteiger partial charge >= 0.3 is 0 Å². The molecule has 0 N–H and O–H groups in total. The average Bonchev–Trinajstić information content (AvgIpc) is 2.28. The summed E-state index contributed by atoms with van der Waals surface area (Å²) in [5.41, 5.74) is 2.28. The SMILES string of the molecule is Cc1cc(F)cc(C)c1C(=O)CC1CCCCC1. The largest absolute Gasteiger partial charge is 0.294 e. The fourth-order valence-corrected chi connectivity index (χ4v) is 3.11. The number of benzene rings is 1. The quantitative estimate of drug-likeness (QED) is 0.715. The van der Waals surface area contributed by atoms with Crippen LogP contribution in [0.4, 0.5) is 4.39 Å². The molecule has 0 unspecified atom stereocenters. The van der Waals surface area contributed by atoms with E-state index in [9.17, 15) is 9.18 Å². The molecule has 0 aliphatic heterocycles. The van der Waals surface area contributed by atoms with E-state index >= 15 is 0 Å². The van der Waals surface area contributed by atoms with Gasteiger partial charge < -0.3 is 0 Å². The summed E-state index contributed by atoms with van der Waals surface area (Å²) in [4.78, 5) is 12.3. The highest BCUT2D eigenvalue weighted by molar-refractivity contribution is 5.98. The lowest BCUT2D eigenvalue weighted by atomic mass is 9.83. The van der Waals surface area contributed by atoms with Crippen molar-refractivity contribution in [1.82, 2.24) is 0 Å². The van der Waals surface area contributed by atoms with Crippen LogP contribution in [-0.4, -0.2) is 5.78 Å². The Morgan fingerprint density at radius 1 is 1.17 bits per heavy atom. The molecule has 98 valence electrons. The molecule has 1 nitrogen and oxygen atoms in total. The molecule has 2 heteroatoms. The van der Waals surface area contributed by atoms with Crippen LogP contribution in [-0.2, 0) is 0 Å². The summed E-state index contributed by atoms with van der Waals surface area (Å²) in [6.45, 7) is 3.65. The number of Topliss-reactive ketones (excluding diaryl/α,β-unsaturated/α-hetero) is 1. The van der Waals surface area contributed by atoms with Crippen LogP contribution in [0.25, 0.3) is 0 Å². The molecule has 1 aliphatic rings. The van der Waals surface area contributed by atoms with E-state index in [1.54, 1.807) is 0 Å². The summed E-state index contributed by atoms with van der Waals surface area (Å²) < 4.78 is 13.2. The van der Waals surface area contributed by atoms with Crippen molar-refractivity contribution in [1.29, 1.82) is 0 Å². The van der Waals surface area contributed by atoms with E-state index in [2.05, 4.69) is 0 Å². The molecule has 1 aromatic carbocycles. The summed E-state index contributed by atoms with van der Waals surface area (Å²) in [6, 6.07) is 2.92. The van der Waals surface area contributed by atoms with Crippen LogP contribution in [0.1, 0.15) is 60.0 Å². The van der Waals surface area contributed by atoms with Gasteiger partial charge in [-0.05, 0) is 43.0 Å². The molecular formula is C16H21FO. The Kier molecular flexibility index (Phi) is 4.15. The third-order valence-corrected chi connectivity index (χ3v) is 3.98. The monoisotopic (exact) mass is 248 g/mol. The van der Waals surface area contributed by atoms with Crippen LogP contribution in [0, 0.1) is 25.6 Å². The Hall–Kier alpha value is -1.18. The normalized spacial score (nSPS) is 16.8. The van der Waals surface area contributed by atoms with Crippen molar-refractivity contribution in [3.8, 4) is 0 Å². The minimum absolute atomic E-state index is 0.192. The molecule has 0 amide bonds. The topological polar surface area (TPSA) is 17.1 Å². The lowest BCUT2D eigenvalue weighted by molar-refractivity contribution is 0.0949. The van der Waals surface area contributed by atoms with Gasteiger partial charge in [-0.1, -0.05) is 32.1 Å². The van der Waals surface area contributed by atoms with Gasteiger partial charge in [-0.25, -0.2) is 4.39 Å². The first-order valence-electron chi connectivity index (χ1n) is 6.88. The average molecular weight is 248 g/mol. The Morgan fingerprint density at radius 2 is 1.72 bits per heavy atom. The van der Waals surface area contributed by atoms with Crippen molar-refractivity contribution in [3.05, 3.63) is 34.6 Å². The molecule has 0 bridgehead atoms. The van der Waals surface area contributed by atoms with Gasteiger partial charge in [0.2, 0.25) is 0 Å². The van der Waals surface area contributed by atoms with Crippen molar-refractivity contribution in [2.24, 2.45) is 5.92 Å². The number of hydrogen-bond acceptors (Lipinski definition) is 1. The summed E-state index contributed by atoms with van der Waals surface area (Å²) >= 11 is 0. The van der Waals surface area contributed by atoms with E-state index in [1.807, 2.05) is 13.8 Å². The molecular weight excluding hydrogens is 227 g/mol. The first kappa shape index (κ1) is 13.3. The fraction of sp³-hybridized carbons (Fsp3) is 0.562. The Balaban J connectivity index is 2.13. The fourth-order valence-electron chi connectivity index (χ4n) is 3.11. The van der Waals surface area contributed by atoms with Gasteiger partial charge in [-0.2, -0.15) is 0 Å². The molecule has 0 radical (unpaired) electrons. The summed E-state index contributed by atoms with van der Waals surface area (Å²) in [5.74, 6) is 0.478. The van der Waals surface area contributed by atoms with Gasteiger partial charge in [0.1, 0.15) is 5.82 Å². The smallest absolute Gasteiger partial charge is 0.163 e. The van der Waals surface area contributed by atoms with Crippen molar-refractivity contribution in [2.75, 3.05) is 0 Å².